The van der Waals surface area contributed by atoms with Crippen LogP contribution in [-0.2, 0) is 14.6 Å². The van der Waals surface area contributed by atoms with Crippen LogP contribution in [0.4, 0.5) is 0 Å². The maximum atomic E-state index is 12.4. The van der Waals surface area contributed by atoms with Gasteiger partial charge in [0.2, 0.25) is 5.91 Å². The van der Waals surface area contributed by atoms with Crippen LogP contribution in [0.3, 0.4) is 0 Å². The van der Waals surface area contributed by atoms with Crippen molar-refractivity contribution in [2.45, 2.75) is 31.1 Å². The molecule has 7 nitrogen and oxygen atoms in total. The lowest BCUT2D eigenvalue weighted by molar-refractivity contribution is -0.121. The first-order valence-corrected chi connectivity index (χ1v) is 11.1. The molecular weight excluding hydrogens is 364 g/mol. The van der Waals surface area contributed by atoms with Crippen molar-refractivity contribution in [1.82, 2.24) is 15.5 Å². The molecule has 2 N–H and O–H groups in total. The number of guanidine groups is 1. The number of benzene rings is 1. The van der Waals surface area contributed by atoms with E-state index in [1.165, 1.54) is 0 Å². The van der Waals surface area contributed by atoms with Crippen molar-refractivity contribution < 1.29 is 13.2 Å². The number of aliphatic imine (C=N–C) groups is 1. The van der Waals surface area contributed by atoms with Gasteiger partial charge in [-0.15, -0.1) is 0 Å². The summed E-state index contributed by atoms with van der Waals surface area (Å²) in [5.41, 5.74) is 0. The van der Waals surface area contributed by atoms with Gasteiger partial charge in [0.15, 0.2) is 15.8 Å². The lowest BCUT2D eigenvalue weighted by Gasteiger charge is -2.34. The predicted octanol–water partition coefficient (Wildman–Crippen LogP) is 1.27. The van der Waals surface area contributed by atoms with Crippen molar-refractivity contribution in [3.8, 4) is 0 Å². The summed E-state index contributed by atoms with van der Waals surface area (Å²) in [4.78, 5) is 18.5. The minimum Gasteiger partial charge on any atom is -0.359 e. The van der Waals surface area contributed by atoms with Crippen molar-refractivity contribution in [2.24, 2.45) is 10.9 Å². The van der Waals surface area contributed by atoms with Crippen molar-refractivity contribution in [1.29, 1.82) is 0 Å². The molecule has 27 heavy (non-hydrogen) atoms. The Kier molecular flexibility index (Phi) is 8.09. The zero-order valence-electron chi connectivity index (χ0n) is 16.1. The van der Waals surface area contributed by atoms with Crippen molar-refractivity contribution >= 4 is 21.7 Å². The van der Waals surface area contributed by atoms with Gasteiger partial charge in [-0.05, 0) is 37.8 Å². The second-order valence-electron chi connectivity index (χ2n) is 6.68. The molecule has 0 spiro atoms. The van der Waals surface area contributed by atoms with Crippen LogP contribution in [0.25, 0.3) is 0 Å². The van der Waals surface area contributed by atoms with Crippen molar-refractivity contribution in [3.05, 3.63) is 30.3 Å². The van der Waals surface area contributed by atoms with Gasteiger partial charge in [0.25, 0.3) is 0 Å². The summed E-state index contributed by atoms with van der Waals surface area (Å²) < 4.78 is 24.8. The SMILES string of the molecule is CCNC(=NCCS(=O)(=O)c1ccccc1)N1CCC(CC(=O)NC)CC1. The van der Waals surface area contributed by atoms with Crippen LogP contribution in [0.15, 0.2) is 40.2 Å². The molecule has 150 valence electrons. The molecule has 1 heterocycles. The summed E-state index contributed by atoms with van der Waals surface area (Å²) in [6.07, 6.45) is 2.42. The van der Waals surface area contributed by atoms with Gasteiger partial charge in [0, 0.05) is 33.1 Å². The number of likely N-dealkylation sites (tertiary alicyclic amines) is 1. The number of hydrogen-bond acceptors (Lipinski definition) is 4. The second-order valence-corrected chi connectivity index (χ2v) is 8.78. The Morgan fingerprint density at radius 3 is 2.48 bits per heavy atom. The van der Waals surface area contributed by atoms with E-state index in [4.69, 9.17) is 0 Å². The van der Waals surface area contributed by atoms with E-state index in [0.717, 1.165) is 38.4 Å². The largest absolute Gasteiger partial charge is 0.359 e. The van der Waals surface area contributed by atoms with E-state index in [9.17, 15) is 13.2 Å². The Balaban J connectivity index is 1.92. The summed E-state index contributed by atoms with van der Waals surface area (Å²) in [5.74, 6) is 1.21. The Bertz CT molecular complexity index is 727. The van der Waals surface area contributed by atoms with Gasteiger partial charge < -0.3 is 15.5 Å². The van der Waals surface area contributed by atoms with Gasteiger partial charge in [-0.25, -0.2) is 8.42 Å². The van der Waals surface area contributed by atoms with Gasteiger partial charge in [0.1, 0.15) is 0 Å². The number of carbonyl (C=O) groups is 1. The Morgan fingerprint density at radius 2 is 1.89 bits per heavy atom. The second kappa shape index (κ2) is 10.3. The monoisotopic (exact) mass is 394 g/mol. The highest BCUT2D eigenvalue weighted by Gasteiger charge is 2.23. The first-order valence-electron chi connectivity index (χ1n) is 9.48. The third-order valence-corrected chi connectivity index (χ3v) is 6.44. The normalized spacial score (nSPS) is 16.2. The van der Waals surface area contributed by atoms with Gasteiger partial charge in [0.05, 0.1) is 17.2 Å². The highest BCUT2D eigenvalue weighted by atomic mass is 32.2. The lowest BCUT2D eigenvalue weighted by Crippen LogP contribution is -2.46. The summed E-state index contributed by atoms with van der Waals surface area (Å²) in [7, 11) is -1.66. The molecule has 0 saturated carbocycles. The fraction of sp³-hybridized carbons (Fsp3) is 0.579. The van der Waals surface area contributed by atoms with Gasteiger partial charge in [-0.2, -0.15) is 0 Å². The Labute approximate surface area is 162 Å². The van der Waals surface area contributed by atoms with E-state index < -0.39 is 9.84 Å². The molecule has 2 rings (SSSR count). The van der Waals surface area contributed by atoms with E-state index in [-0.39, 0.29) is 18.2 Å². The molecule has 0 radical (unpaired) electrons. The molecule has 1 saturated heterocycles. The first kappa shape index (κ1) is 21.2. The minimum absolute atomic E-state index is 0.0148. The number of piperidine rings is 1. The summed E-state index contributed by atoms with van der Waals surface area (Å²) in [5, 5.41) is 5.92. The number of nitrogens with one attached hydrogen (secondary N) is 2. The predicted molar refractivity (Wildman–Crippen MR) is 107 cm³/mol. The third-order valence-electron chi connectivity index (χ3n) is 4.73. The molecule has 0 atom stereocenters. The molecule has 1 aliphatic rings. The zero-order valence-corrected chi connectivity index (χ0v) is 17.0. The summed E-state index contributed by atoms with van der Waals surface area (Å²) in [6, 6.07) is 8.48. The third kappa shape index (κ3) is 6.53. The van der Waals surface area contributed by atoms with Crippen LogP contribution < -0.4 is 10.6 Å². The maximum Gasteiger partial charge on any atom is 0.220 e. The fourth-order valence-electron chi connectivity index (χ4n) is 3.16. The van der Waals surface area contributed by atoms with Gasteiger partial charge in [-0.3, -0.25) is 9.79 Å². The number of nitrogens with zero attached hydrogens (tertiary/aromatic N) is 2. The van der Waals surface area contributed by atoms with E-state index in [1.807, 2.05) is 6.92 Å². The molecule has 1 aromatic rings. The molecule has 1 fully saturated rings. The van der Waals surface area contributed by atoms with E-state index in [2.05, 4.69) is 20.5 Å². The van der Waals surface area contributed by atoms with Crippen LogP contribution in [-0.4, -0.2) is 64.2 Å². The minimum atomic E-state index is -3.32. The first-order chi connectivity index (χ1) is 13.0. The number of amides is 1. The molecule has 0 aliphatic carbocycles. The number of rotatable bonds is 7. The quantitative estimate of drug-likeness (QED) is 0.537. The molecule has 1 aromatic carbocycles. The molecule has 8 heteroatoms. The van der Waals surface area contributed by atoms with Gasteiger partial charge in [-0.1, -0.05) is 18.2 Å². The maximum absolute atomic E-state index is 12.4. The van der Waals surface area contributed by atoms with Crippen molar-refractivity contribution in [3.63, 3.8) is 0 Å². The Hall–Kier alpha value is -2.09. The van der Waals surface area contributed by atoms with Crippen LogP contribution in [0.1, 0.15) is 26.2 Å². The highest BCUT2D eigenvalue weighted by Crippen LogP contribution is 2.20. The van der Waals surface area contributed by atoms with Crippen LogP contribution in [0.2, 0.25) is 0 Å². The average Bonchev–Trinajstić information content (AvgIpc) is 2.68. The van der Waals surface area contributed by atoms with E-state index in [0.29, 0.717) is 17.2 Å². The van der Waals surface area contributed by atoms with E-state index in [1.54, 1.807) is 37.4 Å². The number of carbonyl (C=O) groups excluding carboxylic acids is 1. The molecule has 0 aromatic heterocycles. The fourth-order valence-corrected chi connectivity index (χ4v) is 4.30. The van der Waals surface area contributed by atoms with Crippen LogP contribution in [0.5, 0.6) is 0 Å². The molecule has 0 bridgehead atoms. The zero-order chi connectivity index (χ0) is 19.7. The topological polar surface area (TPSA) is 90.9 Å². The van der Waals surface area contributed by atoms with E-state index >= 15 is 0 Å². The van der Waals surface area contributed by atoms with Crippen molar-refractivity contribution in [2.75, 3.05) is 39.0 Å². The lowest BCUT2D eigenvalue weighted by atomic mass is 9.93. The Morgan fingerprint density at radius 1 is 1.22 bits per heavy atom. The highest BCUT2D eigenvalue weighted by molar-refractivity contribution is 7.91. The smallest absolute Gasteiger partial charge is 0.220 e. The molecule has 1 aliphatic heterocycles. The van der Waals surface area contributed by atoms with Crippen LogP contribution in [0, 0.1) is 5.92 Å². The summed E-state index contributed by atoms with van der Waals surface area (Å²) >= 11 is 0. The standard InChI is InChI=1S/C19H30N4O3S/c1-3-21-19(23-12-9-16(10-13-23)15-18(24)20-2)22-11-14-27(25,26)17-7-5-4-6-8-17/h4-8,16H,3,9-15H2,1-2H3,(H,20,24)(H,21,22). The summed E-state index contributed by atoms with van der Waals surface area (Å²) in [6.45, 7) is 4.58. The van der Waals surface area contributed by atoms with Gasteiger partial charge >= 0.3 is 0 Å². The molecular formula is C19H30N4O3S. The number of sulfone groups is 1. The number of hydrogen-bond donors (Lipinski definition) is 2. The average molecular weight is 395 g/mol. The molecule has 1 amide bonds. The van der Waals surface area contributed by atoms with Crippen LogP contribution >= 0.6 is 0 Å². The molecule has 0 unspecified atom stereocenters.